The Labute approximate surface area is 180 Å². The van der Waals surface area contributed by atoms with Crippen molar-refractivity contribution in [3.05, 3.63) is 51.5 Å². The van der Waals surface area contributed by atoms with Crippen molar-refractivity contribution < 1.29 is 5.11 Å². The SMILES string of the molecule is CCn1cc(Cl)c2cc(Nc3cc(C)ccn3)nc(N[C@H]3CC[C@@H](O)CC3)c2c1=O. The molecule has 0 unspecified atom stereocenters. The molecule has 7 nitrogen and oxygen atoms in total. The summed E-state index contributed by atoms with van der Waals surface area (Å²) in [4.78, 5) is 22.1. The van der Waals surface area contributed by atoms with E-state index in [0.717, 1.165) is 31.2 Å². The van der Waals surface area contributed by atoms with E-state index in [1.54, 1.807) is 23.0 Å². The van der Waals surface area contributed by atoms with Crippen LogP contribution in [-0.2, 0) is 6.54 Å². The Kier molecular flexibility index (Phi) is 5.92. The minimum absolute atomic E-state index is 0.122. The van der Waals surface area contributed by atoms with Gasteiger partial charge < -0.3 is 20.3 Å². The van der Waals surface area contributed by atoms with Gasteiger partial charge in [0.15, 0.2) is 0 Å². The highest BCUT2D eigenvalue weighted by molar-refractivity contribution is 6.35. The van der Waals surface area contributed by atoms with Gasteiger partial charge in [0.25, 0.3) is 5.56 Å². The Hall–Kier alpha value is -2.64. The van der Waals surface area contributed by atoms with Crippen LogP contribution in [0.1, 0.15) is 38.2 Å². The van der Waals surface area contributed by atoms with Gasteiger partial charge in [-0.3, -0.25) is 4.79 Å². The van der Waals surface area contributed by atoms with Crippen LogP contribution in [0.25, 0.3) is 10.8 Å². The number of aromatic nitrogens is 3. The lowest BCUT2D eigenvalue weighted by Crippen LogP contribution is -2.29. The molecule has 0 radical (unpaired) electrons. The zero-order valence-electron chi connectivity index (χ0n) is 17.2. The molecular formula is C22H26ClN5O2. The summed E-state index contributed by atoms with van der Waals surface area (Å²) in [7, 11) is 0. The van der Waals surface area contributed by atoms with Crippen molar-refractivity contribution in [2.45, 2.75) is 58.2 Å². The molecule has 0 bridgehead atoms. The number of halogens is 1. The van der Waals surface area contributed by atoms with E-state index >= 15 is 0 Å². The maximum atomic E-state index is 13.1. The molecule has 3 heterocycles. The minimum Gasteiger partial charge on any atom is -0.393 e. The molecule has 30 heavy (non-hydrogen) atoms. The van der Waals surface area contributed by atoms with Gasteiger partial charge in [-0.1, -0.05) is 11.6 Å². The number of aryl methyl sites for hydroxylation is 2. The van der Waals surface area contributed by atoms with Crippen molar-refractivity contribution in [3.8, 4) is 0 Å². The third kappa shape index (κ3) is 4.27. The Morgan fingerprint density at radius 2 is 2.00 bits per heavy atom. The zero-order chi connectivity index (χ0) is 21.3. The Bertz CT molecular complexity index is 1120. The van der Waals surface area contributed by atoms with Crippen molar-refractivity contribution in [3.63, 3.8) is 0 Å². The standard InChI is InChI=1S/C22H26ClN5O2/c1-3-28-12-17(23)16-11-19(26-18-10-13(2)8-9-24-18)27-21(20(16)22(28)30)25-14-4-6-15(29)7-5-14/h8-12,14-15,29H,3-7H2,1-2H3,(H2,24,25,26,27)/t14-,15+. The fourth-order valence-corrected chi connectivity index (χ4v) is 4.18. The molecule has 4 rings (SSSR count). The molecule has 3 N–H and O–H groups in total. The summed E-state index contributed by atoms with van der Waals surface area (Å²) in [6.45, 7) is 4.43. The molecule has 1 aliphatic carbocycles. The average Bonchev–Trinajstić information content (AvgIpc) is 2.72. The van der Waals surface area contributed by atoms with Crippen LogP contribution in [0.5, 0.6) is 0 Å². The van der Waals surface area contributed by atoms with E-state index in [-0.39, 0.29) is 17.7 Å². The largest absolute Gasteiger partial charge is 0.393 e. The van der Waals surface area contributed by atoms with Crippen molar-refractivity contribution in [1.82, 2.24) is 14.5 Å². The molecule has 8 heteroatoms. The highest BCUT2D eigenvalue weighted by Gasteiger charge is 2.22. The maximum Gasteiger partial charge on any atom is 0.262 e. The number of rotatable bonds is 5. The molecular weight excluding hydrogens is 402 g/mol. The van der Waals surface area contributed by atoms with Crippen molar-refractivity contribution in [2.75, 3.05) is 10.6 Å². The molecule has 0 aliphatic heterocycles. The molecule has 1 aliphatic rings. The maximum absolute atomic E-state index is 13.1. The summed E-state index contributed by atoms with van der Waals surface area (Å²) in [5.41, 5.74) is 0.958. The highest BCUT2D eigenvalue weighted by Crippen LogP contribution is 2.31. The second-order valence-corrected chi connectivity index (χ2v) is 8.25. The summed E-state index contributed by atoms with van der Waals surface area (Å²) in [5, 5.41) is 18.1. The van der Waals surface area contributed by atoms with Crippen LogP contribution in [0, 0.1) is 6.92 Å². The number of anilines is 3. The smallest absolute Gasteiger partial charge is 0.262 e. The molecule has 0 aromatic carbocycles. The van der Waals surface area contributed by atoms with E-state index in [1.165, 1.54) is 0 Å². The lowest BCUT2D eigenvalue weighted by molar-refractivity contribution is 0.126. The van der Waals surface area contributed by atoms with Crippen LogP contribution in [0.3, 0.4) is 0 Å². The third-order valence-electron chi connectivity index (χ3n) is 5.57. The topological polar surface area (TPSA) is 92.1 Å². The predicted octanol–water partition coefficient (Wildman–Crippen LogP) is 4.23. The molecule has 1 saturated carbocycles. The van der Waals surface area contributed by atoms with Gasteiger partial charge in [-0.15, -0.1) is 0 Å². The number of nitrogens with one attached hydrogen (secondary N) is 2. The van der Waals surface area contributed by atoms with E-state index in [4.69, 9.17) is 16.6 Å². The molecule has 3 aromatic rings. The van der Waals surface area contributed by atoms with Crippen LogP contribution in [0.2, 0.25) is 5.02 Å². The van der Waals surface area contributed by atoms with Gasteiger partial charge in [-0.25, -0.2) is 9.97 Å². The van der Waals surface area contributed by atoms with Crippen molar-refractivity contribution in [1.29, 1.82) is 0 Å². The number of hydrogen-bond donors (Lipinski definition) is 3. The second-order valence-electron chi connectivity index (χ2n) is 7.84. The monoisotopic (exact) mass is 427 g/mol. The first-order valence-corrected chi connectivity index (χ1v) is 10.7. The molecule has 0 amide bonds. The fourth-order valence-electron chi connectivity index (χ4n) is 3.91. The van der Waals surface area contributed by atoms with E-state index in [1.807, 2.05) is 26.0 Å². The van der Waals surface area contributed by atoms with Gasteiger partial charge in [0.1, 0.15) is 17.5 Å². The third-order valence-corrected chi connectivity index (χ3v) is 5.87. The number of aliphatic hydroxyl groups excluding tert-OH is 1. The molecule has 0 saturated heterocycles. The number of aliphatic hydroxyl groups is 1. The van der Waals surface area contributed by atoms with Crippen LogP contribution >= 0.6 is 11.6 Å². The number of hydrogen-bond acceptors (Lipinski definition) is 6. The average molecular weight is 428 g/mol. The van der Waals surface area contributed by atoms with Gasteiger partial charge in [-0.2, -0.15) is 0 Å². The van der Waals surface area contributed by atoms with Gasteiger partial charge >= 0.3 is 0 Å². The summed E-state index contributed by atoms with van der Waals surface area (Å²) in [6.07, 6.45) is 6.27. The normalized spacial score (nSPS) is 19.1. The summed E-state index contributed by atoms with van der Waals surface area (Å²) in [6, 6.07) is 5.79. The molecule has 1 fully saturated rings. The first-order valence-electron chi connectivity index (χ1n) is 10.3. The summed E-state index contributed by atoms with van der Waals surface area (Å²) < 4.78 is 1.59. The van der Waals surface area contributed by atoms with Crippen LogP contribution in [-0.4, -0.2) is 31.8 Å². The number of pyridine rings is 3. The van der Waals surface area contributed by atoms with Gasteiger partial charge in [0, 0.05) is 30.4 Å². The molecule has 3 aromatic heterocycles. The van der Waals surface area contributed by atoms with Crippen molar-refractivity contribution >= 4 is 39.8 Å². The quantitative estimate of drug-likeness (QED) is 0.564. The minimum atomic E-state index is -0.250. The fraction of sp³-hybridized carbons (Fsp3) is 0.409. The van der Waals surface area contributed by atoms with E-state index < -0.39 is 0 Å². The first-order chi connectivity index (χ1) is 14.4. The van der Waals surface area contributed by atoms with Crippen LogP contribution in [0.15, 0.2) is 35.4 Å². The van der Waals surface area contributed by atoms with Gasteiger partial charge in [-0.05, 0) is 63.3 Å². The summed E-state index contributed by atoms with van der Waals surface area (Å²) in [5.74, 6) is 1.75. The Morgan fingerprint density at radius 3 is 2.70 bits per heavy atom. The zero-order valence-corrected chi connectivity index (χ0v) is 17.9. The number of nitrogens with zero attached hydrogens (tertiary/aromatic N) is 3. The van der Waals surface area contributed by atoms with Crippen LogP contribution in [0.4, 0.5) is 17.5 Å². The van der Waals surface area contributed by atoms with Gasteiger partial charge in [0.05, 0.1) is 16.5 Å². The lowest BCUT2D eigenvalue weighted by atomic mass is 9.93. The molecule has 0 atom stereocenters. The Morgan fingerprint density at radius 1 is 1.23 bits per heavy atom. The number of fused-ring (bicyclic) bond motifs is 1. The van der Waals surface area contributed by atoms with Gasteiger partial charge in [0.2, 0.25) is 0 Å². The lowest BCUT2D eigenvalue weighted by Gasteiger charge is -2.27. The van der Waals surface area contributed by atoms with E-state index in [0.29, 0.717) is 39.8 Å². The summed E-state index contributed by atoms with van der Waals surface area (Å²) >= 11 is 6.56. The van der Waals surface area contributed by atoms with Crippen LogP contribution < -0.4 is 16.2 Å². The Balaban J connectivity index is 1.80. The second kappa shape index (κ2) is 8.62. The molecule has 0 spiro atoms. The van der Waals surface area contributed by atoms with Crippen molar-refractivity contribution in [2.24, 2.45) is 0 Å². The van der Waals surface area contributed by atoms with E-state index in [9.17, 15) is 9.90 Å². The van der Waals surface area contributed by atoms with E-state index in [2.05, 4.69) is 15.6 Å². The first kappa shape index (κ1) is 20.6. The molecule has 158 valence electrons. The predicted molar refractivity (Wildman–Crippen MR) is 121 cm³/mol. The highest BCUT2D eigenvalue weighted by atomic mass is 35.5.